The van der Waals surface area contributed by atoms with Gasteiger partial charge in [0.2, 0.25) is 0 Å². The highest BCUT2D eigenvalue weighted by atomic mass is 79.9. The number of aromatic nitrogens is 2. The van der Waals surface area contributed by atoms with Gasteiger partial charge in [-0.15, -0.1) is 10.2 Å². The first kappa shape index (κ1) is 19.8. The standard InChI is InChI=1S/C24H22BrN5O2/c1-32-21-5-3-14(7-19(21)25)12-27-22-17-6-13(11-26)2-4-16(17)23(29-28-22)30-20-8-15(31)9-24(30)10-18(20)24/h2-7,15,18,20,31H,8-10,12H2,1H3,(H,27,28). The molecule has 3 fully saturated rings. The number of ether oxygens (including phenoxy) is 1. The Balaban J connectivity index is 1.35. The van der Waals surface area contributed by atoms with E-state index in [1.165, 1.54) is 0 Å². The molecule has 7 nitrogen and oxygen atoms in total. The Kier molecular flexibility index (Phi) is 4.36. The third-order valence-electron chi connectivity index (χ3n) is 7.28. The molecule has 8 heteroatoms. The van der Waals surface area contributed by atoms with Gasteiger partial charge in [0.15, 0.2) is 11.6 Å². The zero-order valence-corrected chi connectivity index (χ0v) is 19.1. The van der Waals surface area contributed by atoms with Crippen LogP contribution in [-0.2, 0) is 6.54 Å². The highest BCUT2D eigenvalue weighted by Gasteiger charge is 2.76. The summed E-state index contributed by atoms with van der Waals surface area (Å²) in [6, 6.07) is 14.2. The molecule has 32 heavy (non-hydrogen) atoms. The number of methoxy groups -OCH3 is 1. The van der Waals surface area contributed by atoms with Crippen molar-refractivity contribution in [2.45, 2.75) is 43.5 Å². The maximum atomic E-state index is 10.2. The van der Waals surface area contributed by atoms with E-state index >= 15 is 0 Å². The number of aliphatic hydroxyl groups excluding tert-OH is 1. The number of fused-ring (bicyclic) bond motifs is 3. The van der Waals surface area contributed by atoms with Gasteiger partial charge in [-0.2, -0.15) is 5.26 Å². The minimum absolute atomic E-state index is 0.0577. The molecule has 6 rings (SSSR count). The van der Waals surface area contributed by atoms with Gasteiger partial charge in [-0.1, -0.05) is 6.07 Å². The number of nitrogens with zero attached hydrogens (tertiary/aromatic N) is 4. The number of rotatable bonds is 5. The van der Waals surface area contributed by atoms with Crippen molar-refractivity contribution in [3.63, 3.8) is 0 Å². The van der Waals surface area contributed by atoms with Crippen LogP contribution in [0.5, 0.6) is 5.75 Å². The number of hydrogen-bond donors (Lipinski definition) is 2. The van der Waals surface area contributed by atoms with E-state index in [0.717, 1.165) is 51.6 Å². The summed E-state index contributed by atoms with van der Waals surface area (Å²) in [5.41, 5.74) is 1.72. The highest BCUT2D eigenvalue weighted by molar-refractivity contribution is 9.10. The van der Waals surface area contributed by atoms with Crippen LogP contribution in [0, 0.1) is 17.2 Å². The maximum Gasteiger partial charge on any atom is 0.160 e. The van der Waals surface area contributed by atoms with Crippen molar-refractivity contribution in [2.24, 2.45) is 5.92 Å². The van der Waals surface area contributed by atoms with Gasteiger partial charge in [-0.05, 0) is 71.1 Å². The van der Waals surface area contributed by atoms with Crippen molar-refractivity contribution in [2.75, 3.05) is 17.3 Å². The molecule has 3 heterocycles. The van der Waals surface area contributed by atoms with E-state index in [9.17, 15) is 10.4 Å². The second-order valence-electron chi connectivity index (χ2n) is 9.01. The van der Waals surface area contributed by atoms with E-state index in [1.807, 2.05) is 36.4 Å². The first-order valence-electron chi connectivity index (χ1n) is 10.8. The molecule has 1 aromatic heterocycles. The van der Waals surface area contributed by atoms with Crippen molar-refractivity contribution < 1.29 is 9.84 Å². The molecule has 0 amide bonds. The van der Waals surface area contributed by atoms with Crippen molar-refractivity contribution in [1.82, 2.24) is 10.2 Å². The molecule has 2 bridgehead atoms. The second kappa shape index (κ2) is 7.06. The van der Waals surface area contributed by atoms with Crippen LogP contribution in [-0.4, -0.2) is 40.1 Å². The molecule has 2 aromatic carbocycles. The number of anilines is 2. The van der Waals surface area contributed by atoms with Gasteiger partial charge < -0.3 is 20.1 Å². The molecule has 4 atom stereocenters. The van der Waals surface area contributed by atoms with Gasteiger partial charge in [-0.25, -0.2) is 0 Å². The van der Waals surface area contributed by atoms with Gasteiger partial charge in [0.1, 0.15) is 5.75 Å². The number of halogens is 1. The molecular formula is C24H22BrN5O2. The predicted octanol–water partition coefficient (Wildman–Crippen LogP) is 3.99. The summed E-state index contributed by atoms with van der Waals surface area (Å²) in [5, 5.41) is 34.1. The minimum atomic E-state index is -0.218. The normalized spacial score (nSPS) is 27.3. The number of hydrogen-bond acceptors (Lipinski definition) is 7. The second-order valence-corrected chi connectivity index (χ2v) is 9.87. The number of benzene rings is 2. The Morgan fingerprint density at radius 1 is 1.25 bits per heavy atom. The fourth-order valence-electron chi connectivity index (χ4n) is 5.79. The van der Waals surface area contributed by atoms with Crippen LogP contribution in [0.2, 0.25) is 0 Å². The summed E-state index contributed by atoms with van der Waals surface area (Å²) in [6.45, 7) is 0.563. The number of nitriles is 1. The number of nitrogens with one attached hydrogen (secondary N) is 1. The van der Waals surface area contributed by atoms with Crippen molar-refractivity contribution in [1.29, 1.82) is 5.26 Å². The molecule has 3 aromatic rings. The van der Waals surface area contributed by atoms with Crippen LogP contribution in [0.1, 0.15) is 30.4 Å². The lowest BCUT2D eigenvalue weighted by molar-refractivity contribution is 0.0588. The van der Waals surface area contributed by atoms with Crippen LogP contribution >= 0.6 is 15.9 Å². The average Bonchev–Trinajstić information content (AvgIpc) is 3.46. The molecule has 1 saturated carbocycles. The molecule has 2 aliphatic heterocycles. The van der Waals surface area contributed by atoms with E-state index in [1.54, 1.807) is 7.11 Å². The Labute approximate surface area is 194 Å². The molecule has 2 saturated heterocycles. The third-order valence-corrected chi connectivity index (χ3v) is 7.90. The molecule has 1 spiro atoms. The molecule has 3 aliphatic rings. The van der Waals surface area contributed by atoms with Gasteiger partial charge in [-0.3, -0.25) is 0 Å². The highest BCUT2D eigenvalue weighted by Crippen LogP contribution is 2.69. The first-order chi connectivity index (χ1) is 15.5. The Morgan fingerprint density at radius 3 is 2.88 bits per heavy atom. The van der Waals surface area contributed by atoms with Gasteiger partial charge in [0, 0.05) is 34.8 Å². The number of piperidine rings is 1. The summed E-state index contributed by atoms with van der Waals surface area (Å²) in [4.78, 5) is 2.39. The monoisotopic (exact) mass is 491 g/mol. The van der Waals surface area contributed by atoms with Crippen molar-refractivity contribution in [3.05, 3.63) is 52.0 Å². The van der Waals surface area contributed by atoms with Crippen LogP contribution in [0.25, 0.3) is 10.8 Å². The largest absolute Gasteiger partial charge is 0.496 e. The SMILES string of the molecule is COc1ccc(CNc2nnc(N3C4CC(O)CC35CC45)c3ccc(C#N)cc23)cc1Br. The van der Waals surface area contributed by atoms with E-state index in [-0.39, 0.29) is 11.6 Å². The summed E-state index contributed by atoms with van der Waals surface area (Å²) in [5.74, 6) is 2.98. The lowest BCUT2D eigenvalue weighted by Crippen LogP contribution is -2.64. The van der Waals surface area contributed by atoms with E-state index in [2.05, 4.69) is 42.4 Å². The average molecular weight is 492 g/mol. The predicted molar refractivity (Wildman–Crippen MR) is 125 cm³/mol. The molecule has 0 radical (unpaired) electrons. The Hall–Kier alpha value is -2.89. The van der Waals surface area contributed by atoms with Crippen molar-refractivity contribution >= 4 is 38.3 Å². The fourth-order valence-corrected chi connectivity index (χ4v) is 6.37. The van der Waals surface area contributed by atoms with E-state index < -0.39 is 0 Å². The van der Waals surface area contributed by atoms with Crippen LogP contribution < -0.4 is 15.0 Å². The quantitative estimate of drug-likeness (QED) is 0.557. The lowest BCUT2D eigenvalue weighted by atomic mass is 9.77. The summed E-state index contributed by atoms with van der Waals surface area (Å²) in [6.07, 6.45) is 2.50. The van der Waals surface area contributed by atoms with Crippen molar-refractivity contribution in [3.8, 4) is 11.8 Å². The molecule has 1 aliphatic carbocycles. The topological polar surface area (TPSA) is 94.3 Å². The van der Waals surface area contributed by atoms with Gasteiger partial charge in [0.05, 0.1) is 29.3 Å². The zero-order chi connectivity index (χ0) is 22.0. The van der Waals surface area contributed by atoms with Gasteiger partial charge in [0.25, 0.3) is 0 Å². The van der Waals surface area contributed by atoms with Gasteiger partial charge >= 0.3 is 0 Å². The number of aliphatic hydroxyl groups is 1. The van der Waals surface area contributed by atoms with Crippen LogP contribution in [0.4, 0.5) is 11.6 Å². The smallest absolute Gasteiger partial charge is 0.160 e. The summed E-state index contributed by atoms with van der Waals surface area (Å²) < 4.78 is 6.20. The summed E-state index contributed by atoms with van der Waals surface area (Å²) in [7, 11) is 1.64. The third kappa shape index (κ3) is 2.81. The molecule has 4 unspecified atom stereocenters. The van der Waals surface area contributed by atoms with Crippen LogP contribution in [0.3, 0.4) is 0 Å². The maximum absolute atomic E-state index is 10.2. The zero-order valence-electron chi connectivity index (χ0n) is 17.5. The van der Waals surface area contributed by atoms with E-state index in [0.29, 0.717) is 29.9 Å². The first-order valence-corrected chi connectivity index (χ1v) is 11.6. The minimum Gasteiger partial charge on any atom is -0.496 e. The summed E-state index contributed by atoms with van der Waals surface area (Å²) >= 11 is 3.53. The molecule has 162 valence electrons. The lowest BCUT2D eigenvalue weighted by Gasteiger charge is -2.54. The Morgan fingerprint density at radius 2 is 2.12 bits per heavy atom. The molecule has 2 N–H and O–H groups in total. The Bertz CT molecular complexity index is 1290. The van der Waals surface area contributed by atoms with E-state index in [4.69, 9.17) is 4.74 Å². The van der Waals surface area contributed by atoms with Crippen LogP contribution in [0.15, 0.2) is 40.9 Å². The molecular weight excluding hydrogens is 470 g/mol. The fraction of sp³-hybridized carbons (Fsp3) is 0.375.